The van der Waals surface area contributed by atoms with Crippen LogP contribution in [0.1, 0.15) is 53.0 Å². The molecule has 2 saturated heterocycles. The monoisotopic (exact) mass is 511 g/mol. The number of imide groups is 1. The fourth-order valence-corrected chi connectivity index (χ4v) is 5.72. The Hall–Kier alpha value is -2.97. The number of hydrogen-bond acceptors (Lipinski definition) is 5. The summed E-state index contributed by atoms with van der Waals surface area (Å²) in [6.07, 6.45) is 0.977. The maximum atomic E-state index is 14.3. The Morgan fingerprint density at radius 2 is 1.86 bits per heavy atom. The second-order valence-electron chi connectivity index (χ2n) is 11.1. The molecule has 0 radical (unpaired) electrons. The molecule has 0 aromatic heterocycles. The van der Waals surface area contributed by atoms with E-state index in [9.17, 15) is 14.0 Å². The zero-order chi connectivity index (χ0) is 27.0. The number of nitrogens with zero attached hydrogens (tertiary/aromatic N) is 3. The fraction of sp³-hybridized carbons (Fsp3) is 0.517. The van der Waals surface area contributed by atoms with Gasteiger partial charge in [-0.25, -0.2) is 9.18 Å². The Labute approximate surface area is 219 Å². The summed E-state index contributed by atoms with van der Waals surface area (Å²) in [5, 5.41) is 0. The van der Waals surface area contributed by atoms with E-state index in [4.69, 9.17) is 9.47 Å². The van der Waals surface area contributed by atoms with Gasteiger partial charge in [0.25, 0.3) is 5.91 Å². The van der Waals surface area contributed by atoms with Crippen molar-refractivity contribution in [2.45, 2.75) is 77.2 Å². The quantitative estimate of drug-likeness (QED) is 0.454. The summed E-state index contributed by atoms with van der Waals surface area (Å²) in [5.74, 6) is 0.137. The summed E-state index contributed by atoms with van der Waals surface area (Å²) >= 11 is 0. The maximum absolute atomic E-state index is 14.3. The molecule has 2 aromatic carbocycles. The van der Waals surface area contributed by atoms with Crippen LogP contribution in [0.3, 0.4) is 0 Å². The average Bonchev–Trinajstić information content (AvgIpc) is 3.01. The van der Waals surface area contributed by atoms with Crippen molar-refractivity contribution in [2.75, 3.05) is 25.2 Å². The number of benzene rings is 2. The largest absolute Gasteiger partial charge is 0.491 e. The first-order valence-corrected chi connectivity index (χ1v) is 12.9. The highest BCUT2D eigenvalue weighted by Crippen LogP contribution is 2.45. The highest BCUT2D eigenvalue weighted by Gasteiger charge is 2.62. The van der Waals surface area contributed by atoms with Crippen molar-refractivity contribution in [2.24, 2.45) is 0 Å². The predicted molar refractivity (Wildman–Crippen MR) is 141 cm³/mol. The molecule has 2 aromatic rings. The second-order valence-corrected chi connectivity index (χ2v) is 11.1. The van der Waals surface area contributed by atoms with Crippen LogP contribution in [0, 0.1) is 5.82 Å². The predicted octanol–water partition coefficient (Wildman–Crippen LogP) is 5.23. The third-order valence-corrected chi connectivity index (χ3v) is 7.31. The molecule has 2 heterocycles. The molecule has 0 aliphatic carbocycles. The molecule has 1 spiro atoms. The molecule has 2 aliphatic heterocycles. The number of rotatable bonds is 8. The van der Waals surface area contributed by atoms with Gasteiger partial charge in [-0.2, -0.15) is 0 Å². The van der Waals surface area contributed by atoms with E-state index in [1.165, 1.54) is 21.9 Å². The zero-order valence-corrected chi connectivity index (χ0v) is 22.7. The number of methoxy groups -OCH3 is 1. The van der Waals surface area contributed by atoms with Crippen LogP contribution in [-0.4, -0.2) is 65.2 Å². The van der Waals surface area contributed by atoms with E-state index in [-0.39, 0.29) is 24.7 Å². The summed E-state index contributed by atoms with van der Waals surface area (Å²) in [6.45, 7) is 11.2. The number of likely N-dealkylation sites (tertiary alicyclic amines) is 1. The van der Waals surface area contributed by atoms with Crippen LogP contribution in [0.15, 0.2) is 48.5 Å². The molecule has 0 saturated carbocycles. The summed E-state index contributed by atoms with van der Waals surface area (Å²) in [6, 6.07) is 13.6. The Balaban J connectivity index is 1.64. The number of anilines is 1. The molecule has 37 heavy (non-hydrogen) atoms. The lowest BCUT2D eigenvalue weighted by Gasteiger charge is -2.46. The Kier molecular flexibility index (Phi) is 7.62. The van der Waals surface area contributed by atoms with Gasteiger partial charge < -0.3 is 9.47 Å². The minimum absolute atomic E-state index is 0.00159. The molecule has 0 bridgehead atoms. The van der Waals surface area contributed by atoms with Crippen molar-refractivity contribution in [3.8, 4) is 5.75 Å². The first-order valence-electron chi connectivity index (χ1n) is 12.9. The van der Waals surface area contributed by atoms with Crippen molar-refractivity contribution in [3.05, 3.63) is 59.9 Å². The molecule has 0 N–H and O–H groups in total. The number of ether oxygens (including phenoxy) is 2. The van der Waals surface area contributed by atoms with Gasteiger partial charge in [-0.05, 0) is 83.4 Å². The number of carbonyl (C=O) groups excluding carboxylic acids is 2. The van der Waals surface area contributed by atoms with Crippen LogP contribution < -0.4 is 9.64 Å². The van der Waals surface area contributed by atoms with Crippen LogP contribution in [0.5, 0.6) is 5.75 Å². The first kappa shape index (κ1) is 27.1. The lowest BCUT2D eigenvalue weighted by atomic mass is 9.81. The van der Waals surface area contributed by atoms with Crippen molar-refractivity contribution in [1.29, 1.82) is 0 Å². The summed E-state index contributed by atoms with van der Waals surface area (Å²) in [4.78, 5) is 33.1. The minimum atomic E-state index is -1.09. The fourth-order valence-electron chi connectivity index (χ4n) is 5.72. The Morgan fingerprint density at radius 3 is 2.51 bits per heavy atom. The highest BCUT2D eigenvalue weighted by atomic mass is 19.1. The van der Waals surface area contributed by atoms with Crippen molar-refractivity contribution >= 4 is 17.6 Å². The third kappa shape index (κ3) is 5.22. The van der Waals surface area contributed by atoms with E-state index in [0.29, 0.717) is 31.6 Å². The average molecular weight is 512 g/mol. The van der Waals surface area contributed by atoms with Gasteiger partial charge in [-0.1, -0.05) is 18.2 Å². The van der Waals surface area contributed by atoms with Crippen LogP contribution in [0.25, 0.3) is 0 Å². The third-order valence-electron chi connectivity index (χ3n) is 7.31. The number of amides is 3. The number of carbonyl (C=O) groups is 2. The minimum Gasteiger partial charge on any atom is -0.491 e. The van der Waals surface area contributed by atoms with E-state index < -0.39 is 22.9 Å². The zero-order valence-electron chi connectivity index (χ0n) is 22.7. The number of hydrogen-bond donors (Lipinski definition) is 0. The summed E-state index contributed by atoms with van der Waals surface area (Å²) in [5.41, 5.74) is -0.420. The standard InChI is InChI=1S/C29H38FN3O4/c1-20(2)37-25-12-7-9-22(15-25)18-31-14-13-29(17-21(31)3)26(34)33(28(4,5)19-36-6)27(35)32(29)24-11-8-10-23(30)16-24/h7-12,15-16,20-21H,13-14,17-19H2,1-6H3/t21-,29+/m0/s1. The van der Waals surface area contributed by atoms with E-state index in [1.54, 1.807) is 19.2 Å². The molecular weight excluding hydrogens is 473 g/mol. The molecule has 8 heteroatoms. The van der Waals surface area contributed by atoms with Gasteiger partial charge in [-0.3, -0.25) is 19.5 Å². The van der Waals surface area contributed by atoms with Crippen LogP contribution in [0.2, 0.25) is 0 Å². The van der Waals surface area contributed by atoms with Crippen LogP contribution >= 0.6 is 0 Å². The Bertz CT molecular complexity index is 1150. The van der Waals surface area contributed by atoms with Crippen molar-refractivity contribution in [3.63, 3.8) is 0 Å². The molecule has 2 atom stereocenters. The van der Waals surface area contributed by atoms with E-state index in [2.05, 4.69) is 24.0 Å². The topological polar surface area (TPSA) is 62.3 Å². The smallest absolute Gasteiger partial charge is 0.332 e. The molecule has 0 unspecified atom stereocenters. The molecule has 200 valence electrons. The number of urea groups is 1. The lowest BCUT2D eigenvalue weighted by Crippen LogP contribution is -2.60. The molecule has 2 aliphatic rings. The Morgan fingerprint density at radius 1 is 1.14 bits per heavy atom. The van der Waals surface area contributed by atoms with Crippen LogP contribution in [0.4, 0.5) is 14.9 Å². The van der Waals surface area contributed by atoms with E-state index in [1.807, 2.05) is 39.8 Å². The van der Waals surface area contributed by atoms with Gasteiger partial charge in [0.15, 0.2) is 0 Å². The molecule has 3 amide bonds. The maximum Gasteiger partial charge on any atom is 0.332 e. The molecular formula is C29H38FN3O4. The SMILES string of the molecule is COCC(C)(C)N1C(=O)N(c2cccc(F)c2)[C@@]2(CCN(Cc3cccc(OC(C)C)c3)[C@@H](C)C2)C1=O. The molecule has 7 nitrogen and oxygen atoms in total. The van der Waals surface area contributed by atoms with E-state index >= 15 is 0 Å². The summed E-state index contributed by atoms with van der Waals surface area (Å²) < 4.78 is 25.5. The molecule has 4 rings (SSSR count). The number of piperidine rings is 1. The van der Waals surface area contributed by atoms with Gasteiger partial charge in [0.2, 0.25) is 0 Å². The van der Waals surface area contributed by atoms with Gasteiger partial charge in [0.1, 0.15) is 17.1 Å². The second kappa shape index (κ2) is 10.4. The van der Waals surface area contributed by atoms with Crippen molar-refractivity contribution < 1.29 is 23.5 Å². The molecule has 2 fully saturated rings. The first-order chi connectivity index (χ1) is 17.5. The van der Waals surface area contributed by atoms with Crippen molar-refractivity contribution in [1.82, 2.24) is 9.80 Å². The number of halogens is 1. The summed E-state index contributed by atoms with van der Waals surface area (Å²) in [7, 11) is 1.55. The van der Waals surface area contributed by atoms with Gasteiger partial charge in [-0.15, -0.1) is 0 Å². The van der Waals surface area contributed by atoms with E-state index in [0.717, 1.165) is 11.3 Å². The highest BCUT2D eigenvalue weighted by molar-refractivity contribution is 6.17. The normalized spacial score (nSPS) is 23.0. The van der Waals surface area contributed by atoms with Gasteiger partial charge in [0, 0.05) is 31.9 Å². The van der Waals surface area contributed by atoms with Gasteiger partial charge >= 0.3 is 6.03 Å². The van der Waals surface area contributed by atoms with Gasteiger partial charge in [0.05, 0.1) is 18.2 Å². The van der Waals surface area contributed by atoms with Crippen LogP contribution in [-0.2, 0) is 16.1 Å². The lowest BCUT2D eigenvalue weighted by molar-refractivity contribution is -0.138.